The van der Waals surface area contributed by atoms with Crippen molar-refractivity contribution in [1.82, 2.24) is 52.2 Å². The molecule has 0 aliphatic heterocycles. The van der Waals surface area contributed by atoms with Gasteiger partial charge in [-0.05, 0) is 55.5 Å². The van der Waals surface area contributed by atoms with Crippen LogP contribution in [-0.4, -0.2) is 123 Å². The highest BCUT2D eigenvalue weighted by molar-refractivity contribution is 7.80. The fourth-order valence-electron chi connectivity index (χ4n) is 7.33. The van der Waals surface area contributed by atoms with E-state index in [1.165, 1.54) is 26.4 Å². The van der Waals surface area contributed by atoms with Gasteiger partial charge in [0.1, 0.15) is 42.3 Å². The first-order valence-corrected chi connectivity index (χ1v) is 23.7. The summed E-state index contributed by atoms with van der Waals surface area (Å²) in [5, 5.41) is 19.7. The van der Waals surface area contributed by atoms with Crippen LogP contribution in [0.3, 0.4) is 0 Å². The average Bonchev–Trinajstić information content (AvgIpc) is 3.99. The summed E-state index contributed by atoms with van der Waals surface area (Å²) in [6, 6.07) is 5.19. The third-order valence-corrected chi connectivity index (χ3v) is 11.6. The molecule has 70 heavy (non-hydrogen) atoms. The molecule has 2 aromatic heterocycles. The number of primary amides is 1. The van der Waals surface area contributed by atoms with Gasteiger partial charge in [-0.25, -0.2) is 4.98 Å². The first-order valence-electron chi connectivity index (χ1n) is 22.7. The molecule has 0 aliphatic rings. The van der Waals surface area contributed by atoms with Crippen LogP contribution in [0.1, 0.15) is 69.7 Å². The lowest BCUT2D eigenvalue weighted by molar-refractivity contribution is -0.135. The highest BCUT2D eigenvalue weighted by atomic mass is 35.5. The number of halogens is 1. The molecule has 0 saturated carbocycles. The minimum atomic E-state index is -1.41. The third-order valence-electron chi connectivity index (χ3n) is 11.0. The van der Waals surface area contributed by atoms with Gasteiger partial charge in [0, 0.05) is 72.5 Å². The number of thiol groups is 1. The molecule has 378 valence electrons. The Morgan fingerprint density at radius 2 is 1.29 bits per heavy atom. The summed E-state index contributed by atoms with van der Waals surface area (Å²) in [4.78, 5) is 122. The number of para-hydroxylation sites is 1. The largest absolute Gasteiger partial charge is 0.370 e. The van der Waals surface area contributed by atoms with Gasteiger partial charge >= 0.3 is 0 Å². The van der Waals surface area contributed by atoms with Gasteiger partial charge in [-0.15, -0.1) is 0 Å². The van der Waals surface area contributed by atoms with E-state index in [-0.39, 0.29) is 50.4 Å². The quantitative estimate of drug-likeness (QED) is 0.0151. The number of fused-ring (bicyclic) bond motifs is 1. The molecule has 24 heteroatoms. The number of nitrogens with one attached hydrogen (secondary N) is 9. The molecule has 0 radical (unpaired) electrons. The van der Waals surface area contributed by atoms with E-state index in [1.807, 2.05) is 31.2 Å². The summed E-state index contributed by atoms with van der Waals surface area (Å²) < 4.78 is 0. The highest BCUT2D eigenvalue weighted by Crippen LogP contribution is 2.20. The standard InChI is InChI=1S/C46H63ClN14O8S/c1-4-5-13-33(56-26(3)62)41(65)55-25(2)40(64)58-37(20-30-22-51-24-54-30)45(69)59-35(18-27-10-8-11-29(47)17-27)43(67)57-34(15-9-16-52-46(49)50)42(66)60-36(44(68)61-38(23-70)39(48)63)19-28-21-53-32-14-7-6-12-31(28)32/h6-8,10-12,14,17,21-22,24-25,33-38,53,70H,4-5,9,13,15-16,18-20,23H2,1-3H3,(H2,48,63)(H,51,54)(H,55,65)(H,56,62)(H,57,67)(H,58,64)(H,59,69)(H,60,66)(H,61,68)(H4,49,50,52)/t25-,33-,34-,35+,36-,37-,38-/m0/s1. The van der Waals surface area contributed by atoms with E-state index < -0.39 is 89.6 Å². The molecule has 22 nitrogen and oxygen atoms in total. The molecular formula is C46H63ClN14O8S. The molecule has 4 aromatic rings. The Bertz CT molecular complexity index is 2460. The van der Waals surface area contributed by atoms with Crippen molar-refractivity contribution >= 4 is 88.3 Å². The second-order valence-corrected chi connectivity index (χ2v) is 17.4. The van der Waals surface area contributed by atoms with Gasteiger partial charge in [0.05, 0.1) is 6.33 Å². The number of nitrogens with zero attached hydrogens (tertiary/aromatic N) is 2. The number of H-pyrrole nitrogens is 2. The first-order chi connectivity index (χ1) is 33.4. The van der Waals surface area contributed by atoms with E-state index in [4.69, 9.17) is 28.8 Å². The SMILES string of the molecule is CCCC[C@H](NC(C)=O)C(=O)N[C@@H](C)C(=O)N[C@@H](Cc1cnc[nH]1)C(=O)N[C@H](Cc1cccc(Cl)c1)C(=O)N[C@@H](CCCN=C(N)N)C(=O)N[C@@H](Cc1c[nH]c2ccccc12)C(=O)N[C@@H](CS)C(N)=O. The number of hydrogen-bond acceptors (Lipinski definition) is 11. The average molecular weight is 1010 g/mol. The number of carbonyl (C=O) groups excluding carboxylic acids is 8. The summed E-state index contributed by atoms with van der Waals surface area (Å²) in [5.74, 6) is -6.14. The second-order valence-electron chi connectivity index (χ2n) is 16.6. The molecule has 2 aromatic carbocycles. The van der Waals surface area contributed by atoms with E-state index in [9.17, 15) is 38.4 Å². The molecule has 0 spiro atoms. The number of amides is 8. The zero-order valence-corrected chi connectivity index (χ0v) is 40.8. The Balaban J connectivity index is 1.65. The van der Waals surface area contributed by atoms with Crippen molar-refractivity contribution in [2.24, 2.45) is 22.2 Å². The minimum Gasteiger partial charge on any atom is -0.370 e. The number of nitrogens with two attached hydrogens (primary N) is 3. The smallest absolute Gasteiger partial charge is 0.243 e. The van der Waals surface area contributed by atoms with Gasteiger partial charge in [0.2, 0.25) is 47.3 Å². The van der Waals surface area contributed by atoms with E-state index in [0.29, 0.717) is 34.7 Å². The van der Waals surface area contributed by atoms with Crippen LogP contribution in [0, 0.1) is 0 Å². The summed E-state index contributed by atoms with van der Waals surface area (Å²) in [5.41, 5.74) is 19.0. The molecule has 2 heterocycles. The molecular weight excluding hydrogens is 944 g/mol. The van der Waals surface area contributed by atoms with Crippen LogP contribution in [0.25, 0.3) is 10.9 Å². The zero-order valence-electron chi connectivity index (χ0n) is 39.2. The van der Waals surface area contributed by atoms with Gasteiger partial charge in [0.25, 0.3) is 0 Å². The van der Waals surface area contributed by atoms with Crippen LogP contribution in [0.2, 0.25) is 5.02 Å². The summed E-state index contributed by atoms with van der Waals surface area (Å²) >= 11 is 10.5. The number of imidazole rings is 1. The maximum atomic E-state index is 14.6. The normalized spacial score (nSPS) is 14.0. The topological polar surface area (TPSA) is 356 Å². The third kappa shape index (κ3) is 17.7. The van der Waals surface area contributed by atoms with Crippen LogP contribution in [0.4, 0.5) is 0 Å². The number of hydrogen-bond donors (Lipinski definition) is 13. The van der Waals surface area contributed by atoms with Gasteiger partial charge in [-0.1, -0.05) is 61.7 Å². The van der Waals surface area contributed by atoms with E-state index in [2.05, 4.69) is 69.8 Å². The van der Waals surface area contributed by atoms with Crippen LogP contribution < -0.4 is 54.4 Å². The van der Waals surface area contributed by atoms with Gasteiger partial charge in [-0.2, -0.15) is 12.6 Å². The van der Waals surface area contributed by atoms with Crippen molar-refractivity contribution in [3.05, 3.63) is 89.1 Å². The van der Waals surface area contributed by atoms with Crippen LogP contribution >= 0.6 is 24.2 Å². The van der Waals surface area contributed by atoms with Crippen LogP contribution in [-0.2, 0) is 57.6 Å². The Morgan fingerprint density at radius 1 is 0.700 bits per heavy atom. The Labute approximate surface area is 415 Å². The molecule has 15 N–H and O–H groups in total. The van der Waals surface area contributed by atoms with Crippen molar-refractivity contribution in [3.8, 4) is 0 Å². The lowest BCUT2D eigenvalue weighted by atomic mass is 10.0. The number of guanidine groups is 1. The second kappa shape index (κ2) is 27.8. The van der Waals surface area contributed by atoms with Crippen molar-refractivity contribution < 1.29 is 38.4 Å². The molecule has 0 aliphatic carbocycles. The van der Waals surface area contributed by atoms with E-state index in [0.717, 1.165) is 17.3 Å². The monoisotopic (exact) mass is 1010 g/mol. The predicted octanol–water partition coefficient (Wildman–Crippen LogP) is -0.335. The number of aromatic nitrogens is 3. The number of rotatable bonds is 28. The maximum absolute atomic E-state index is 14.6. The van der Waals surface area contributed by atoms with Crippen LogP contribution in [0.5, 0.6) is 0 Å². The van der Waals surface area contributed by atoms with Gasteiger partial charge < -0.3 is 64.4 Å². The van der Waals surface area contributed by atoms with E-state index in [1.54, 1.807) is 30.5 Å². The predicted molar refractivity (Wildman–Crippen MR) is 267 cm³/mol. The highest BCUT2D eigenvalue weighted by Gasteiger charge is 2.34. The molecule has 0 fully saturated rings. The molecule has 8 amide bonds. The van der Waals surface area contributed by atoms with E-state index >= 15 is 0 Å². The Morgan fingerprint density at radius 3 is 1.90 bits per heavy atom. The number of carbonyl (C=O) groups is 8. The van der Waals surface area contributed by atoms with Gasteiger partial charge in [-0.3, -0.25) is 43.3 Å². The molecule has 7 atom stereocenters. The Kier molecular flexibility index (Phi) is 22.0. The summed E-state index contributed by atoms with van der Waals surface area (Å²) in [7, 11) is 0. The first kappa shape index (κ1) is 55.5. The molecule has 0 bridgehead atoms. The zero-order chi connectivity index (χ0) is 51.3. The van der Waals surface area contributed by atoms with Crippen molar-refractivity contribution in [1.29, 1.82) is 0 Å². The fraction of sp³-hybridized carbons (Fsp3) is 0.435. The lowest BCUT2D eigenvalue weighted by Crippen LogP contribution is -2.60. The molecule has 0 saturated heterocycles. The summed E-state index contributed by atoms with van der Waals surface area (Å²) in [6.45, 7) is 4.69. The number of aromatic amines is 2. The fourth-order valence-corrected chi connectivity index (χ4v) is 7.82. The maximum Gasteiger partial charge on any atom is 0.243 e. The Hall–Kier alpha value is -7.14. The number of benzene rings is 2. The molecule has 0 unspecified atom stereocenters. The van der Waals surface area contributed by atoms with Crippen molar-refractivity contribution in [2.75, 3.05) is 12.3 Å². The lowest BCUT2D eigenvalue weighted by Gasteiger charge is -2.27. The van der Waals surface area contributed by atoms with Crippen molar-refractivity contribution in [2.45, 2.75) is 114 Å². The van der Waals surface area contributed by atoms with Crippen LogP contribution in [0.15, 0.2) is 72.2 Å². The van der Waals surface area contributed by atoms with Gasteiger partial charge in [0.15, 0.2) is 5.96 Å². The number of unbranched alkanes of at least 4 members (excludes halogenated alkanes) is 1. The number of aliphatic imine (C=N–C) groups is 1. The van der Waals surface area contributed by atoms with Crippen molar-refractivity contribution in [3.63, 3.8) is 0 Å². The molecule has 4 rings (SSSR count). The summed E-state index contributed by atoms with van der Waals surface area (Å²) in [6.07, 6.45) is 6.03. The minimum absolute atomic E-state index is 0.0533.